The van der Waals surface area contributed by atoms with Crippen LogP contribution < -0.4 is 16.6 Å². The third-order valence-electron chi connectivity index (χ3n) is 3.63. The van der Waals surface area contributed by atoms with E-state index in [1.165, 1.54) is 22.5 Å². The van der Waals surface area contributed by atoms with Gasteiger partial charge in [-0.25, -0.2) is 9.78 Å². The van der Waals surface area contributed by atoms with Crippen molar-refractivity contribution in [3.63, 3.8) is 0 Å². The lowest BCUT2D eigenvalue weighted by atomic mass is 10.2. The second-order valence-corrected chi connectivity index (χ2v) is 6.06. The van der Waals surface area contributed by atoms with Crippen LogP contribution in [-0.4, -0.2) is 37.6 Å². The maximum Gasteiger partial charge on any atom is 0.332 e. The summed E-state index contributed by atoms with van der Waals surface area (Å²) in [6.07, 6.45) is 0.912. The van der Waals surface area contributed by atoms with Crippen molar-refractivity contribution in [3.05, 3.63) is 27.2 Å². The normalized spacial score (nSPS) is 12.4. The van der Waals surface area contributed by atoms with Crippen molar-refractivity contribution in [2.75, 3.05) is 6.54 Å². The Morgan fingerprint density at radius 3 is 2.64 bits per heavy atom. The van der Waals surface area contributed by atoms with E-state index >= 15 is 0 Å². The Morgan fingerprint density at radius 1 is 1.36 bits per heavy atom. The van der Waals surface area contributed by atoms with Gasteiger partial charge in [0.25, 0.3) is 5.56 Å². The first-order valence-electron chi connectivity index (χ1n) is 7.80. The van der Waals surface area contributed by atoms with Crippen LogP contribution in [-0.2, 0) is 27.9 Å². The summed E-state index contributed by atoms with van der Waals surface area (Å²) < 4.78 is 9.01. The molecule has 25 heavy (non-hydrogen) atoms. The summed E-state index contributed by atoms with van der Waals surface area (Å²) in [5.74, 6) is -0.484. The molecule has 1 unspecified atom stereocenters. The number of fused-ring (bicyclic) bond motifs is 1. The minimum absolute atomic E-state index is 0.173. The number of imidazole rings is 1. The summed E-state index contributed by atoms with van der Waals surface area (Å²) >= 11 is 0. The number of hydrogen-bond donors (Lipinski definition) is 1. The topological polar surface area (TPSA) is 117 Å². The van der Waals surface area contributed by atoms with E-state index < -0.39 is 23.4 Å². The molecule has 136 valence electrons. The number of carbonyl (C=O) groups excluding carboxylic acids is 2. The number of amides is 1. The van der Waals surface area contributed by atoms with Crippen molar-refractivity contribution in [1.29, 1.82) is 0 Å². The molecular formula is C15H21N5O5. The highest BCUT2D eigenvalue weighted by atomic mass is 16.6. The summed E-state index contributed by atoms with van der Waals surface area (Å²) in [4.78, 5) is 50.9. The fourth-order valence-corrected chi connectivity index (χ4v) is 2.49. The first-order valence-corrected chi connectivity index (χ1v) is 7.80. The van der Waals surface area contributed by atoms with E-state index in [0.29, 0.717) is 13.0 Å². The lowest BCUT2D eigenvalue weighted by molar-refractivity contribution is -0.151. The average Bonchev–Trinajstić information content (AvgIpc) is 2.99. The maximum absolute atomic E-state index is 12.5. The zero-order chi connectivity index (χ0) is 18.7. The Morgan fingerprint density at radius 2 is 2.04 bits per heavy atom. The molecule has 0 saturated carbocycles. The Hall–Kier alpha value is -2.91. The fourth-order valence-electron chi connectivity index (χ4n) is 2.49. The van der Waals surface area contributed by atoms with E-state index in [9.17, 15) is 19.2 Å². The third-order valence-corrected chi connectivity index (χ3v) is 3.63. The minimum atomic E-state index is -0.830. The minimum Gasteiger partial charge on any atom is -0.440 e. The quantitative estimate of drug-likeness (QED) is 0.524. The summed E-state index contributed by atoms with van der Waals surface area (Å²) in [6.45, 7) is 5.58. The molecule has 1 amide bonds. The molecule has 0 aliphatic heterocycles. The second kappa shape index (κ2) is 7.32. The fraction of sp³-hybridized carbons (Fsp3) is 0.533. The van der Waals surface area contributed by atoms with Crippen LogP contribution in [0.4, 0.5) is 0 Å². The Balaban J connectivity index is 2.51. The number of rotatable bonds is 7. The Kier molecular flexibility index (Phi) is 5.40. The predicted molar refractivity (Wildman–Crippen MR) is 88.9 cm³/mol. The zero-order valence-corrected chi connectivity index (χ0v) is 14.6. The summed E-state index contributed by atoms with van der Waals surface area (Å²) in [5.41, 5.74) is -0.551. The molecule has 1 atom stereocenters. The van der Waals surface area contributed by atoms with E-state index in [1.54, 1.807) is 6.92 Å². The van der Waals surface area contributed by atoms with Gasteiger partial charge in [0.15, 0.2) is 17.4 Å². The lowest BCUT2D eigenvalue weighted by Gasteiger charge is -2.16. The third kappa shape index (κ3) is 3.62. The highest BCUT2D eigenvalue weighted by molar-refractivity contribution is 5.74. The number of ether oxygens (including phenoxy) is 1. The van der Waals surface area contributed by atoms with Crippen molar-refractivity contribution < 1.29 is 14.3 Å². The standard InChI is InChI=1S/C15H21N5O5/c1-9(2)6-19-13-12(14(23)18(4)15(19)24)20(7-17-13)10(3)25-11(22)5-16-8-21/h7-10H,5-6H2,1-4H3,(H,16,21). The highest BCUT2D eigenvalue weighted by Crippen LogP contribution is 2.15. The highest BCUT2D eigenvalue weighted by Gasteiger charge is 2.21. The molecule has 0 aliphatic carbocycles. The zero-order valence-electron chi connectivity index (χ0n) is 14.6. The average molecular weight is 351 g/mol. The molecule has 2 heterocycles. The maximum atomic E-state index is 12.5. The van der Waals surface area contributed by atoms with Crippen LogP contribution in [0.5, 0.6) is 0 Å². The van der Waals surface area contributed by atoms with Gasteiger partial charge in [-0.05, 0) is 12.8 Å². The van der Waals surface area contributed by atoms with Gasteiger partial charge in [-0.15, -0.1) is 0 Å². The van der Waals surface area contributed by atoms with Gasteiger partial charge in [0.05, 0.1) is 0 Å². The molecule has 0 radical (unpaired) electrons. The molecule has 2 rings (SSSR count). The SMILES string of the molecule is CC(C)Cn1c(=O)n(C)c(=O)c2c1ncn2C(C)OC(=O)CNC=O. The van der Waals surface area contributed by atoms with Crippen LogP contribution in [0, 0.1) is 5.92 Å². The Labute approximate surface area is 143 Å². The molecule has 0 bridgehead atoms. The van der Waals surface area contributed by atoms with E-state index in [2.05, 4.69) is 10.3 Å². The van der Waals surface area contributed by atoms with Gasteiger partial charge in [-0.2, -0.15) is 0 Å². The number of nitrogens with zero attached hydrogens (tertiary/aromatic N) is 4. The van der Waals surface area contributed by atoms with Gasteiger partial charge in [-0.3, -0.25) is 28.1 Å². The molecule has 0 saturated heterocycles. The summed E-state index contributed by atoms with van der Waals surface area (Å²) in [6, 6.07) is 0. The van der Waals surface area contributed by atoms with E-state index in [0.717, 1.165) is 4.57 Å². The molecule has 1 N–H and O–H groups in total. The molecule has 0 fully saturated rings. The first-order chi connectivity index (χ1) is 11.8. The molecule has 2 aromatic rings. The van der Waals surface area contributed by atoms with Gasteiger partial charge in [-0.1, -0.05) is 13.8 Å². The van der Waals surface area contributed by atoms with Crippen LogP contribution >= 0.6 is 0 Å². The molecule has 10 nitrogen and oxygen atoms in total. The first kappa shape index (κ1) is 18.4. The smallest absolute Gasteiger partial charge is 0.332 e. The van der Waals surface area contributed by atoms with Crippen LogP contribution in [0.3, 0.4) is 0 Å². The van der Waals surface area contributed by atoms with Gasteiger partial charge < -0.3 is 10.1 Å². The monoisotopic (exact) mass is 351 g/mol. The van der Waals surface area contributed by atoms with Crippen molar-refractivity contribution in [2.24, 2.45) is 13.0 Å². The second-order valence-electron chi connectivity index (χ2n) is 6.06. The molecule has 0 aromatic carbocycles. The molecule has 0 aliphatic rings. The van der Waals surface area contributed by atoms with Crippen molar-refractivity contribution in [1.82, 2.24) is 24.0 Å². The van der Waals surface area contributed by atoms with Gasteiger partial charge in [0.1, 0.15) is 12.9 Å². The number of carbonyl (C=O) groups is 2. The summed E-state index contributed by atoms with van der Waals surface area (Å²) in [7, 11) is 1.39. The number of aromatic nitrogens is 4. The van der Waals surface area contributed by atoms with Crippen LogP contribution in [0.15, 0.2) is 15.9 Å². The van der Waals surface area contributed by atoms with Gasteiger partial charge in [0, 0.05) is 13.6 Å². The van der Waals surface area contributed by atoms with Gasteiger partial charge in [0.2, 0.25) is 6.41 Å². The van der Waals surface area contributed by atoms with Crippen molar-refractivity contribution in [2.45, 2.75) is 33.5 Å². The van der Waals surface area contributed by atoms with E-state index in [1.807, 2.05) is 13.8 Å². The van der Waals surface area contributed by atoms with E-state index in [-0.39, 0.29) is 23.6 Å². The van der Waals surface area contributed by atoms with Crippen molar-refractivity contribution in [3.8, 4) is 0 Å². The Bertz CT molecular complexity index is 907. The predicted octanol–water partition coefficient (Wildman–Crippen LogP) is -0.640. The van der Waals surface area contributed by atoms with Gasteiger partial charge >= 0.3 is 11.7 Å². The van der Waals surface area contributed by atoms with Crippen LogP contribution in [0.1, 0.15) is 27.0 Å². The number of nitrogens with one attached hydrogen (secondary N) is 1. The molecule has 0 spiro atoms. The van der Waals surface area contributed by atoms with Crippen LogP contribution in [0.2, 0.25) is 0 Å². The van der Waals surface area contributed by atoms with Crippen molar-refractivity contribution >= 4 is 23.5 Å². The molecule has 10 heteroatoms. The number of esters is 1. The van der Waals surface area contributed by atoms with E-state index in [4.69, 9.17) is 4.74 Å². The number of hydrogen-bond acceptors (Lipinski definition) is 6. The van der Waals surface area contributed by atoms with Crippen LogP contribution in [0.25, 0.3) is 11.2 Å². The summed E-state index contributed by atoms with van der Waals surface area (Å²) in [5, 5.41) is 2.20. The lowest BCUT2D eigenvalue weighted by Crippen LogP contribution is -2.39. The largest absolute Gasteiger partial charge is 0.440 e. The molecule has 2 aromatic heterocycles. The molecular weight excluding hydrogens is 330 g/mol.